The Bertz CT molecular complexity index is 298. The minimum atomic E-state index is -0.163. The van der Waals surface area contributed by atoms with Crippen molar-refractivity contribution in [1.29, 1.82) is 0 Å². The quantitative estimate of drug-likeness (QED) is 0.671. The molecule has 1 saturated heterocycles. The van der Waals surface area contributed by atoms with Crippen LogP contribution in [-0.4, -0.2) is 61.4 Å². The predicted octanol–water partition coefficient (Wildman–Crippen LogP) is -0.160. The molecule has 0 radical (unpaired) electrons. The first-order valence-electron chi connectivity index (χ1n) is 6.82. The Hall–Kier alpha value is -0.650. The van der Waals surface area contributed by atoms with Gasteiger partial charge in [-0.2, -0.15) is 0 Å². The summed E-state index contributed by atoms with van der Waals surface area (Å²) in [6, 6.07) is -0.111. The number of hydrogen-bond acceptors (Lipinski definition) is 4. The van der Waals surface area contributed by atoms with Crippen LogP contribution in [0.2, 0.25) is 0 Å². The number of amides is 1. The maximum atomic E-state index is 11.9. The lowest BCUT2D eigenvalue weighted by Crippen LogP contribution is -2.45. The van der Waals surface area contributed by atoms with Crippen molar-refractivity contribution in [3.05, 3.63) is 0 Å². The third-order valence-electron chi connectivity index (χ3n) is 4.38. The number of ether oxygens (including phenoxy) is 1. The highest BCUT2D eigenvalue weighted by atomic mass is 16.5. The highest BCUT2D eigenvalue weighted by molar-refractivity contribution is 5.81. The zero-order valence-electron chi connectivity index (χ0n) is 11.3. The third kappa shape index (κ3) is 2.84. The standard InChI is InChI=1S/C13H24N2O3/c1-9(13(17)14-5-6-18-2)15-7-10-3-4-12(16)11(10)8-15/h9-12,16H,3-8H2,1-2H3,(H,14,17). The van der Waals surface area contributed by atoms with Gasteiger partial charge in [-0.05, 0) is 25.7 Å². The van der Waals surface area contributed by atoms with Gasteiger partial charge in [0.2, 0.25) is 5.91 Å². The van der Waals surface area contributed by atoms with E-state index in [9.17, 15) is 9.90 Å². The van der Waals surface area contributed by atoms with Crippen molar-refractivity contribution in [1.82, 2.24) is 10.2 Å². The van der Waals surface area contributed by atoms with Gasteiger partial charge in [0.05, 0.1) is 18.8 Å². The lowest BCUT2D eigenvalue weighted by atomic mass is 10.00. The number of aliphatic hydroxyl groups is 1. The predicted molar refractivity (Wildman–Crippen MR) is 68.1 cm³/mol. The molecule has 1 amide bonds. The molecule has 1 aliphatic carbocycles. The molecule has 18 heavy (non-hydrogen) atoms. The van der Waals surface area contributed by atoms with Crippen LogP contribution >= 0.6 is 0 Å². The third-order valence-corrected chi connectivity index (χ3v) is 4.38. The van der Waals surface area contributed by atoms with Crippen LogP contribution in [0.5, 0.6) is 0 Å². The molecule has 4 unspecified atom stereocenters. The summed E-state index contributed by atoms with van der Waals surface area (Å²) >= 11 is 0. The molecule has 2 N–H and O–H groups in total. The van der Waals surface area contributed by atoms with E-state index in [1.54, 1.807) is 7.11 Å². The fourth-order valence-electron chi connectivity index (χ4n) is 3.18. The molecule has 0 aromatic heterocycles. The van der Waals surface area contributed by atoms with Crippen LogP contribution in [0.3, 0.4) is 0 Å². The molecule has 0 bridgehead atoms. The van der Waals surface area contributed by atoms with Crippen LogP contribution in [0.15, 0.2) is 0 Å². The second-order valence-electron chi connectivity index (χ2n) is 5.48. The monoisotopic (exact) mass is 256 g/mol. The van der Waals surface area contributed by atoms with Crippen LogP contribution in [0.4, 0.5) is 0 Å². The molecule has 2 fully saturated rings. The molecule has 1 heterocycles. The second kappa shape index (κ2) is 5.99. The Balaban J connectivity index is 1.80. The van der Waals surface area contributed by atoms with E-state index in [0.717, 1.165) is 25.9 Å². The van der Waals surface area contributed by atoms with Crippen molar-refractivity contribution in [2.75, 3.05) is 33.4 Å². The van der Waals surface area contributed by atoms with Gasteiger partial charge in [-0.25, -0.2) is 0 Å². The summed E-state index contributed by atoms with van der Waals surface area (Å²) in [5, 5.41) is 12.7. The zero-order valence-corrected chi connectivity index (χ0v) is 11.3. The van der Waals surface area contributed by atoms with Gasteiger partial charge in [0.25, 0.3) is 0 Å². The van der Waals surface area contributed by atoms with Gasteiger partial charge < -0.3 is 15.2 Å². The number of fused-ring (bicyclic) bond motifs is 1. The van der Waals surface area contributed by atoms with Crippen molar-refractivity contribution in [2.24, 2.45) is 11.8 Å². The highest BCUT2D eigenvalue weighted by Gasteiger charge is 2.43. The molecule has 2 rings (SSSR count). The van der Waals surface area contributed by atoms with E-state index >= 15 is 0 Å². The van der Waals surface area contributed by atoms with E-state index in [-0.39, 0.29) is 18.1 Å². The van der Waals surface area contributed by atoms with E-state index in [2.05, 4.69) is 10.2 Å². The van der Waals surface area contributed by atoms with Gasteiger partial charge in [-0.3, -0.25) is 9.69 Å². The first kappa shape index (κ1) is 13.8. The number of rotatable bonds is 5. The van der Waals surface area contributed by atoms with Gasteiger partial charge in [-0.1, -0.05) is 0 Å². The van der Waals surface area contributed by atoms with E-state index < -0.39 is 0 Å². The van der Waals surface area contributed by atoms with Crippen LogP contribution < -0.4 is 5.32 Å². The number of carbonyl (C=O) groups is 1. The van der Waals surface area contributed by atoms with Crippen LogP contribution in [0.25, 0.3) is 0 Å². The topological polar surface area (TPSA) is 61.8 Å². The minimum Gasteiger partial charge on any atom is -0.393 e. The fourth-order valence-corrected chi connectivity index (χ4v) is 3.18. The Morgan fingerprint density at radius 1 is 1.50 bits per heavy atom. The van der Waals surface area contributed by atoms with Crippen molar-refractivity contribution < 1.29 is 14.6 Å². The summed E-state index contributed by atoms with van der Waals surface area (Å²) in [6.07, 6.45) is 1.86. The van der Waals surface area contributed by atoms with Crippen molar-refractivity contribution in [3.63, 3.8) is 0 Å². The zero-order chi connectivity index (χ0) is 13.1. The number of hydrogen-bond donors (Lipinski definition) is 2. The lowest BCUT2D eigenvalue weighted by molar-refractivity contribution is -0.125. The average Bonchev–Trinajstić information content (AvgIpc) is 2.91. The average molecular weight is 256 g/mol. The summed E-state index contributed by atoms with van der Waals surface area (Å²) in [5.74, 6) is 1.01. The lowest BCUT2D eigenvalue weighted by Gasteiger charge is -2.24. The summed E-state index contributed by atoms with van der Waals surface area (Å²) < 4.78 is 4.91. The smallest absolute Gasteiger partial charge is 0.237 e. The normalized spacial score (nSPS) is 33.4. The Labute approximate surface area is 108 Å². The number of carbonyl (C=O) groups excluding carboxylic acids is 1. The molecule has 0 aromatic rings. The number of methoxy groups -OCH3 is 1. The number of aliphatic hydroxyl groups excluding tert-OH is 1. The maximum Gasteiger partial charge on any atom is 0.237 e. The Kier molecular flexibility index (Phi) is 4.59. The van der Waals surface area contributed by atoms with Gasteiger partial charge in [0.1, 0.15) is 0 Å². The molecule has 2 aliphatic rings. The molecule has 1 aliphatic heterocycles. The second-order valence-corrected chi connectivity index (χ2v) is 5.48. The first-order chi connectivity index (χ1) is 8.63. The molecule has 5 heteroatoms. The molecule has 1 saturated carbocycles. The summed E-state index contributed by atoms with van der Waals surface area (Å²) in [5.41, 5.74) is 0. The molecule has 4 atom stereocenters. The summed E-state index contributed by atoms with van der Waals surface area (Å²) in [7, 11) is 1.62. The number of likely N-dealkylation sites (tertiary alicyclic amines) is 1. The molecule has 5 nitrogen and oxygen atoms in total. The number of nitrogens with one attached hydrogen (secondary N) is 1. The maximum absolute atomic E-state index is 11.9. The van der Waals surface area contributed by atoms with Crippen molar-refractivity contribution in [2.45, 2.75) is 31.9 Å². The minimum absolute atomic E-state index is 0.0570. The van der Waals surface area contributed by atoms with Crippen molar-refractivity contribution in [3.8, 4) is 0 Å². The Morgan fingerprint density at radius 2 is 2.28 bits per heavy atom. The number of nitrogens with zero attached hydrogens (tertiary/aromatic N) is 1. The molecule has 0 spiro atoms. The van der Waals surface area contributed by atoms with Gasteiger partial charge in [0.15, 0.2) is 0 Å². The Morgan fingerprint density at radius 3 is 2.94 bits per heavy atom. The van der Waals surface area contributed by atoms with E-state index in [0.29, 0.717) is 25.0 Å². The van der Waals surface area contributed by atoms with Crippen LogP contribution in [0, 0.1) is 11.8 Å². The fraction of sp³-hybridized carbons (Fsp3) is 0.923. The molecular formula is C13H24N2O3. The summed E-state index contributed by atoms with van der Waals surface area (Å²) in [6.45, 7) is 4.84. The van der Waals surface area contributed by atoms with E-state index in [1.165, 1.54) is 0 Å². The first-order valence-corrected chi connectivity index (χ1v) is 6.82. The van der Waals surface area contributed by atoms with Crippen molar-refractivity contribution >= 4 is 5.91 Å². The largest absolute Gasteiger partial charge is 0.393 e. The highest BCUT2D eigenvalue weighted by Crippen LogP contribution is 2.38. The van der Waals surface area contributed by atoms with E-state index in [1.807, 2.05) is 6.92 Å². The van der Waals surface area contributed by atoms with Crippen LogP contribution in [-0.2, 0) is 9.53 Å². The molecular weight excluding hydrogens is 232 g/mol. The van der Waals surface area contributed by atoms with Gasteiger partial charge in [-0.15, -0.1) is 0 Å². The SMILES string of the molecule is COCCNC(=O)C(C)N1CC2CCC(O)C2C1. The molecule has 104 valence electrons. The molecule has 0 aromatic carbocycles. The van der Waals surface area contributed by atoms with Gasteiger partial charge in [0, 0.05) is 32.7 Å². The van der Waals surface area contributed by atoms with Gasteiger partial charge >= 0.3 is 0 Å². The van der Waals surface area contributed by atoms with Crippen LogP contribution in [0.1, 0.15) is 19.8 Å². The summed E-state index contributed by atoms with van der Waals surface area (Å²) in [4.78, 5) is 14.1. The van der Waals surface area contributed by atoms with E-state index in [4.69, 9.17) is 4.74 Å².